The van der Waals surface area contributed by atoms with Crippen LogP contribution in [0.25, 0.3) is 32.2 Å². The predicted molar refractivity (Wildman–Crippen MR) is 299 cm³/mol. The number of pyridine rings is 1. The second-order valence-corrected chi connectivity index (χ2v) is 22.9. The van der Waals surface area contributed by atoms with E-state index in [0.717, 1.165) is 86.9 Å². The Morgan fingerprint density at radius 3 is 2.36 bits per heavy atom. The first-order valence-corrected chi connectivity index (χ1v) is 27.8. The molecule has 7 aromatic rings. The molecule has 1 atom stereocenters. The van der Waals surface area contributed by atoms with E-state index in [1.54, 1.807) is 0 Å². The molecule has 11 rings (SSSR count). The van der Waals surface area contributed by atoms with Crippen LogP contribution >= 0.6 is 11.3 Å². The van der Waals surface area contributed by atoms with Gasteiger partial charge in [-0.2, -0.15) is 5.10 Å². The fourth-order valence-corrected chi connectivity index (χ4v) is 12.5. The molecule has 3 aliphatic heterocycles. The summed E-state index contributed by atoms with van der Waals surface area (Å²) in [5.41, 5.74) is 7.97. The lowest BCUT2D eigenvalue weighted by atomic mass is 9.84. The molecule has 2 N–H and O–H groups in total. The molecule has 3 fully saturated rings. The van der Waals surface area contributed by atoms with Crippen LogP contribution in [0, 0.1) is 12.8 Å². The first-order chi connectivity index (χ1) is 37.1. The fraction of sp³-hybridized carbons (Fsp3) is 0.400. The molecule has 4 amide bonds. The number of aromatic nitrogens is 4. The Morgan fingerprint density at radius 1 is 0.805 bits per heavy atom. The van der Waals surface area contributed by atoms with E-state index in [-0.39, 0.29) is 35.4 Å². The maximum Gasteiger partial charge on any atom is 0.358 e. The van der Waals surface area contributed by atoms with Crippen LogP contribution in [0.4, 0.5) is 16.6 Å². The molecule has 4 aromatic carbocycles. The predicted octanol–water partition coefficient (Wildman–Crippen LogP) is 9.91. The summed E-state index contributed by atoms with van der Waals surface area (Å²) in [6.07, 6.45) is 6.55. The van der Waals surface area contributed by atoms with Gasteiger partial charge in [-0.1, -0.05) is 59.9 Å². The molecule has 1 unspecified atom stereocenters. The first kappa shape index (κ1) is 51.4. The van der Waals surface area contributed by atoms with Gasteiger partial charge in [0.15, 0.2) is 10.8 Å². The van der Waals surface area contributed by atoms with Gasteiger partial charge in [-0.15, -0.1) is 0 Å². The zero-order valence-corrected chi connectivity index (χ0v) is 45.2. The van der Waals surface area contributed by atoms with Gasteiger partial charge in [0.25, 0.3) is 5.91 Å². The molecule has 0 spiro atoms. The minimum atomic E-state index is -0.754. The third-order valence-electron chi connectivity index (χ3n) is 15.7. The average Bonchev–Trinajstić information content (AvgIpc) is 4.04. The maximum absolute atomic E-state index is 14.1. The monoisotopic (exact) mass is 1060 g/mol. The average molecular weight is 1060 g/mol. The number of nitrogens with one attached hydrogen (secondary N) is 2. The third-order valence-corrected chi connectivity index (χ3v) is 16.6. The highest BCUT2D eigenvalue weighted by Gasteiger charge is 2.34. The van der Waals surface area contributed by atoms with Crippen LogP contribution in [0.2, 0.25) is 0 Å². The number of carbonyl (C=O) groups excluding carboxylic acids is 5. The Bertz CT molecular complexity index is 3400. The Labute approximate surface area is 452 Å². The van der Waals surface area contributed by atoms with Crippen LogP contribution in [0.3, 0.4) is 0 Å². The number of anilines is 3. The lowest BCUT2D eigenvalue weighted by Crippen LogP contribution is -2.49. The minimum Gasteiger partial charge on any atom is -0.490 e. The van der Waals surface area contributed by atoms with Crippen LogP contribution in [-0.4, -0.2) is 98.7 Å². The molecule has 1 saturated carbocycles. The molecular weight excluding hydrogens is 991 g/mol. The van der Waals surface area contributed by atoms with Crippen molar-refractivity contribution >= 4 is 78.7 Å². The topological polar surface area (TPSA) is 181 Å². The van der Waals surface area contributed by atoms with Crippen molar-refractivity contribution in [2.75, 3.05) is 47.8 Å². The second-order valence-electron chi connectivity index (χ2n) is 21.9. The van der Waals surface area contributed by atoms with Crippen molar-refractivity contribution in [2.24, 2.45) is 13.0 Å². The number of fused-ring (bicyclic) bond motifs is 3. The molecule has 0 bridgehead atoms. The molecule has 1 aliphatic carbocycles. The number of imide groups is 1. The van der Waals surface area contributed by atoms with Crippen molar-refractivity contribution < 1.29 is 33.4 Å². The summed E-state index contributed by atoms with van der Waals surface area (Å²) in [5.74, 6) is 0.272. The van der Waals surface area contributed by atoms with Crippen LogP contribution in [0.5, 0.6) is 5.75 Å². The fourth-order valence-electron chi connectivity index (χ4n) is 11.6. The van der Waals surface area contributed by atoms with Crippen molar-refractivity contribution in [3.63, 3.8) is 0 Å². The largest absolute Gasteiger partial charge is 0.490 e. The number of nitrogens with zero attached hydrogens (tertiary/aromatic N) is 7. The molecule has 17 heteroatoms. The number of rotatable bonds is 12. The Balaban J connectivity index is 0.708. The van der Waals surface area contributed by atoms with E-state index in [4.69, 9.17) is 19.6 Å². The van der Waals surface area contributed by atoms with Crippen molar-refractivity contribution in [2.45, 2.75) is 110 Å². The number of hydrogen-bond donors (Lipinski definition) is 2. The van der Waals surface area contributed by atoms with Gasteiger partial charge < -0.3 is 24.2 Å². The summed E-state index contributed by atoms with van der Waals surface area (Å²) in [6.45, 7) is 11.3. The van der Waals surface area contributed by atoms with Crippen molar-refractivity contribution in [1.82, 2.24) is 30.0 Å². The number of para-hydroxylation sites is 2. The minimum absolute atomic E-state index is 0.0222. The number of thiazole rings is 1. The van der Waals surface area contributed by atoms with Gasteiger partial charge >= 0.3 is 5.97 Å². The van der Waals surface area contributed by atoms with Crippen molar-refractivity contribution in [1.29, 1.82) is 0 Å². The van der Waals surface area contributed by atoms with Crippen LogP contribution in [0.15, 0.2) is 91.0 Å². The molecule has 3 aromatic heterocycles. The SMILES string of the molecule is Cc1c(O[C@H]2CC[C@H](CCC(=O)N3CCN(c4cccc5c(C6CCC(=O)NC6=O)nn(C)c45)CC3)CC2)cccc1-c1ccc(N2CCc3cccc(C(=O)Nc4nc5ccccc5s4)c3C2)nc1C(=O)OC(C)(C)C. The zero-order valence-electron chi connectivity index (χ0n) is 44.4. The van der Waals surface area contributed by atoms with E-state index in [0.29, 0.717) is 98.6 Å². The summed E-state index contributed by atoms with van der Waals surface area (Å²) in [5, 5.41) is 11.7. The summed E-state index contributed by atoms with van der Waals surface area (Å²) in [7, 11) is 1.89. The molecule has 0 radical (unpaired) electrons. The molecule has 6 heterocycles. The number of ether oxygens (including phenoxy) is 2. The van der Waals surface area contributed by atoms with Crippen LogP contribution in [-0.2, 0) is 39.1 Å². The van der Waals surface area contributed by atoms with Gasteiger partial charge in [0.05, 0.1) is 39.1 Å². The highest BCUT2D eigenvalue weighted by atomic mass is 32.1. The highest BCUT2D eigenvalue weighted by molar-refractivity contribution is 7.22. The van der Waals surface area contributed by atoms with Gasteiger partial charge in [0, 0.05) is 75.7 Å². The molecular formula is C60H65N9O7S. The maximum atomic E-state index is 14.1. The van der Waals surface area contributed by atoms with Gasteiger partial charge in [0.1, 0.15) is 17.2 Å². The molecule has 4 aliphatic rings. The van der Waals surface area contributed by atoms with Crippen LogP contribution in [0.1, 0.15) is 121 Å². The van der Waals surface area contributed by atoms with E-state index in [9.17, 15) is 24.0 Å². The molecule has 2 saturated heterocycles. The number of piperazine rings is 1. The van der Waals surface area contributed by atoms with E-state index in [2.05, 4.69) is 37.6 Å². The Hall–Kier alpha value is -7.66. The van der Waals surface area contributed by atoms with Crippen LogP contribution < -0.4 is 25.2 Å². The molecule has 77 heavy (non-hydrogen) atoms. The molecule has 16 nitrogen and oxygen atoms in total. The number of esters is 1. The van der Waals surface area contributed by atoms with E-state index < -0.39 is 17.5 Å². The quantitative estimate of drug-likeness (QED) is 0.0875. The number of hydrogen-bond acceptors (Lipinski definition) is 13. The van der Waals surface area contributed by atoms with Gasteiger partial charge in [0.2, 0.25) is 17.7 Å². The normalized spacial score (nSPS) is 19.0. The van der Waals surface area contributed by atoms with E-state index >= 15 is 0 Å². The van der Waals surface area contributed by atoms with Gasteiger partial charge in [-0.3, -0.25) is 34.5 Å². The standard InChI is InChI=1S/C60H65N9O7S/c1-36-40(41-24-26-50(62-54(41)58(74)76-60(2,3)4)69-30-29-38-11-8-13-42(45(38)35-69)56(72)64-59-61-46-15-6-7-18-49(46)77-59)12-10-17-48(36)75-39-22-19-37(20-23-39)21-28-52(71)68-33-31-67(32-34-68)47-16-9-14-43-53(65-66(5)55(43)47)44-25-27-51(70)63-57(44)73/h6-18,24,26,37,39,44H,19-23,25,27-35H2,1-5H3,(H,61,64,72)(H,63,70,73)/t37-,39-,44?. The lowest BCUT2D eigenvalue weighted by molar-refractivity contribution is -0.134. The summed E-state index contributed by atoms with van der Waals surface area (Å²) in [4.78, 5) is 82.2. The third kappa shape index (κ3) is 10.9. The summed E-state index contributed by atoms with van der Waals surface area (Å²) >= 11 is 1.44. The number of amides is 4. The van der Waals surface area contributed by atoms with E-state index in [1.165, 1.54) is 11.3 Å². The number of carbonyl (C=O) groups is 5. The van der Waals surface area contributed by atoms with Gasteiger partial charge in [-0.25, -0.2) is 14.8 Å². The lowest BCUT2D eigenvalue weighted by Gasteiger charge is -2.37. The van der Waals surface area contributed by atoms with Crippen molar-refractivity contribution in [3.8, 4) is 16.9 Å². The number of aryl methyl sites for hydroxylation is 1. The first-order valence-electron chi connectivity index (χ1n) is 27.0. The summed E-state index contributed by atoms with van der Waals surface area (Å²) in [6, 6.07) is 29.6. The number of piperidine rings is 1. The second kappa shape index (κ2) is 21.4. The highest BCUT2D eigenvalue weighted by Crippen LogP contribution is 2.39. The summed E-state index contributed by atoms with van der Waals surface area (Å²) < 4.78 is 15.6. The Morgan fingerprint density at radius 2 is 1.58 bits per heavy atom. The zero-order chi connectivity index (χ0) is 53.5. The molecule has 398 valence electrons. The Kier molecular flexibility index (Phi) is 14.3. The van der Waals surface area contributed by atoms with Crippen molar-refractivity contribution in [3.05, 3.63) is 125 Å². The smallest absolute Gasteiger partial charge is 0.358 e. The number of benzene rings is 4. The van der Waals surface area contributed by atoms with Gasteiger partial charge in [-0.05, 0) is 143 Å². The van der Waals surface area contributed by atoms with E-state index in [1.807, 2.05) is 123 Å².